The number of carbonyl (C=O) groups excluding carboxylic acids is 1. The standard InChI is InChI=1S/C29H32N4O2S2.HI/c1-28(2,3)20-14-19(15-21(24(20)34)29(4,5)6)32-26(35)22-16-37-27(33-22)17-9-11-18(12-10-17)31-25(30)23-8-7-13-36-23;/h7-16,34H,1-6H3,(H2,30,31)(H,32,35);1H. The normalized spacial score (nSPS) is 12.2. The van der Waals surface area contributed by atoms with Gasteiger partial charge in [-0.05, 0) is 58.7 Å². The second-order valence-electron chi connectivity index (χ2n) is 10.9. The van der Waals surface area contributed by atoms with Crippen molar-refractivity contribution in [1.29, 1.82) is 0 Å². The van der Waals surface area contributed by atoms with Crippen molar-refractivity contribution in [3.8, 4) is 16.3 Å². The molecule has 4 rings (SSSR count). The molecule has 0 aliphatic carbocycles. The molecule has 2 aromatic heterocycles. The molecule has 38 heavy (non-hydrogen) atoms. The van der Waals surface area contributed by atoms with Crippen LogP contribution in [-0.4, -0.2) is 21.8 Å². The van der Waals surface area contributed by atoms with Crippen molar-refractivity contribution in [3.05, 3.63) is 81.0 Å². The van der Waals surface area contributed by atoms with E-state index in [0.717, 1.165) is 32.3 Å². The summed E-state index contributed by atoms with van der Waals surface area (Å²) in [6, 6.07) is 15.2. The van der Waals surface area contributed by atoms with Crippen LogP contribution in [0.3, 0.4) is 0 Å². The molecule has 0 radical (unpaired) electrons. The Hall–Kier alpha value is -2.76. The van der Waals surface area contributed by atoms with Gasteiger partial charge in [0, 0.05) is 27.8 Å². The van der Waals surface area contributed by atoms with Crippen LogP contribution in [0.2, 0.25) is 0 Å². The quantitative estimate of drug-likeness (QED) is 0.0872. The smallest absolute Gasteiger partial charge is 0.275 e. The zero-order valence-corrected chi connectivity index (χ0v) is 26.3. The van der Waals surface area contributed by atoms with Crippen LogP contribution in [0.1, 0.15) is 68.0 Å². The Balaban J connectivity index is 0.00000400. The molecule has 0 atom stereocenters. The highest BCUT2D eigenvalue weighted by atomic mass is 127. The first-order valence-corrected chi connectivity index (χ1v) is 13.7. The van der Waals surface area contributed by atoms with E-state index >= 15 is 0 Å². The molecule has 1 amide bonds. The van der Waals surface area contributed by atoms with E-state index < -0.39 is 0 Å². The monoisotopic (exact) mass is 660 g/mol. The van der Waals surface area contributed by atoms with E-state index in [-0.39, 0.29) is 46.5 Å². The molecule has 6 nitrogen and oxygen atoms in total. The van der Waals surface area contributed by atoms with Gasteiger partial charge in [0.1, 0.15) is 22.3 Å². The van der Waals surface area contributed by atoms with E-state index in [1.165, 1.54) is 11.3 Å². The third kappa shape index (κ3) is 6.81. The van der Waals surface area contributed by atoms with Crippen molar-refractivity contribution >= 4 is 69.8 Å². The maximum absolute atomic E-state index is 13.1. The van der Waals surface area contributed by atoms with Crippen molar-refractivity contribution in [2.45, 2.75) is 52.4 Å². The van der Waals surface area contributed by atoms with Crippen LogP contribution in [0.15, 0.2) is 64.3 Å². The van der Waals surface area contributed by atoms with Crippen molar-refractivity contribution in [3.63, 3.8) is 0 Å². The minimum absolute atomic E-state index is 0. The fourth-order valence-electron chi connectivity index (χ4n) is 3.85. The lowest BCUT2D eigenvalue weighted by Crippen LogP contribution is -2.19. The summed E-state index contributed by atoms with van der Waals surface area (Å²) < 4.78 is 0. The number of aliphatic imine (C=N–C) groups is 1. The SMILES string of the molecule is CC(C)(C)c1cc(NC(=O)c2csc(-c3ccc(N=C(N)c4cccs4)cc3)n2)cc(C(C)(C)C)c1O.I. The second-order valence-corrected chi connectivity index (χ2v) is 12.7. The number of benzene rings is 2. The highest BCUT2D eigenvalue weighted by Gasteiger charge is 2.27. The number of rotatable bonds is 5. The molecule has 0 aliphatic rings. The molecule has 0 fully saturated rings. The topological polar surface area (TPSA) is 101 Å². The molecule has 4 N–H and O–H groups in total. The summed E-state index contributed by atoms with van der Waals surface area (Å²) in [5.74, 6) is 0.464. The Kier molecular flexibility index (Phi) is 9.05. The maximum atomic E-state index is 13.1. The summed E-state index contributed by atoms with van der Waals surface area (Å²) in [6.45, 7) is 12.2. The van der Waals surface area contributed by atoms with E-state index in [0.29, 0.717) is 17.2 Å². The average Bonchev–Trinajstić information content (AvgIpc) is 3.52. The fourth-order valence-corrected chi connectivity index (χ4v) is 5.29. The molecule has 0 saturated carbocycles. The number of hydrogen-bond donors (Lipinski definition) is 3. The van der Waals surface area contributed by atoms with Gasteiger partial charge in [0.05, 0.1) is 10.6 Å². The minimum atomic E-state index is -0.294. The average molecular weight is 661 g/mol. The van der Waals surface area contributed by atoms with E-state index in [9.17, 15) is 9.90 Å². The van der Waals surface area contributed by atoms with Gasteiger partial charge < -0.3 is 16.2 Å². The summed E-state index contributed by atoms with van der Waals surface area (Å²) in [7, 11) is 0. The zero-order chi connectivity index (χ0) is 27.0. The largest absolute Gasteiger partial charge is 0.507 e. The summed E-state index contributed by atoms with van der Waals surface area (Å²) in [6.07, 6.45) is 0. The number of thiazole rings is 1. The Bertz CT molecular complexity index is 1410. The molecule has 9 heteroatoms. The van der Waals surface area contributed by atoms with Gasteiger partial charge in [0.2, 0.25) is 0 Å². The number of phenols is 1. The van der Waals surface area contributed by atoms with Gasteiger partial charge in [-0.1, -0.05) is 47.6 Å². The number of anilines is 1. The van der Waals surface area contributed by atoms with Crippen LogP contribution >= 0.6 is 46.7 Å². The Morgan fingerprint density at radius 2 is 1.58 bits per heavy atom. The number of nitrogens with two attached hydrogens (primary N) is 1. The second kappa shape index (κ2) is 11.5. The number of amides is 1. The maximum Gasteiger partial charge on any atom is 0.275 e. The third-order valence-electron chi connectivity index (χ3n) is 5.86. The van der Waals surface area contributed by atoms with Crippen LogP contribution in [0.5, 0.6) is 5.75 Å². The number of hydrogen-bond acceptors (Lipinski definition) is 6. The predicted octanol–water partition coefficient (Wildman–Crippen LogP) is 8.08. The first-order chi connectivity index (χ1) is 17.3. The molecule has 0 spiro atoms. The lowest BCUT2D eigenvalue weighted by atomic mass is 9.79. The number of carbonyl (C=O) groups is 1. The Labute approximate surface area is 249 Å². The number of nitrogens with zero attached hydrogens (tertiary/aromatic N) is 2. The van der Waals surface area contributed by atoms with Crippen molar-refractivity contribution < 1.29 is 9.90 Å². The van der Waals surface area contributed by atoms with Gasteiger partial charge in [-0.15, -0.1) is 46.7 Å². The van der Waals surface area contributed by atoms with Gasteiger partial charge in [-0.25, -0.2) is 9.98 Å². The van der Waals surface area contributed by atoms with Gasteiger partial charge in [-0.3, -0.25) is 4.79 Å². The number of halogens is 1. The molecule has 0 saturated heterocycles. The van der Waals surface area contributed by atoms with E-state index in [1.807, 2.05) is 95.5 Å². The van der Waals surface area contributed by atoms with Gasteiger partial charge >= 0.3 is 0 Å². The Morgan fingerprint density at radius 3 is 2.11 bits per heavy atom. The number of nitrogens with one attached hydrogen (secondary N) is 1. The number of thiophene rings is 1. The minimum Gasteiger partial charge on any atom is -0.507 e. The summed E-state index contributed by atoms with van der Waals surface area (Å²) >= 11 is 2.95. The summed E-state index contributed by atoms with van der Waals surface area (Å²) in [5.41, 5.74) is 9.71. The van der Waals surface area contributed by atoms with Gasteiger partial charge in [-0.2, -0.15) is 0 Å². The van der Waals surface area contributed by atoms with Gasteiger partial charge in [0.25, 0.3) is 5.91 Å². The van der Waals surface area contributed by atoms with Gasteiger partial charge in [0.15, 0.2) is 0 Å². The summed E-state index contributed by atoms with van der Waals surface area (Å²) in [5, 5.41) is 18.4. The predicted molar refractivity (Wildman–Crippen MR) is 171 cm³/mol. The highest BCUT2D eigenvalue weighted by Crippen LogP contribution is 2.41. The molecule has 0 aliphatic heterocycles. The first-order valence-electron chi connectivity index (χ1n) is 12.0. The van der Waals surface area contributed by atoms with Crippen LogP contribution < -0.4 is 11.1 Å². The van der Waals surface area contributed by atoms with Crippen LogP contribution in [0.4, 0.5) is 11.4 Å². The lowest BCUT2D eigenvalue weighted by molar-refractivity contribution is 0.102. The molecule has 200 valence electrons. The number of aromatic hydroxyl groups is 1. The van der Waals surface area contributed by atoms with E-state index in [4.69, 9.17) is 5.73 Å². The molecule has 4 aromatic rings. The molecular formula is C29H33IN4O2S2. The van der Waals surface area contributed by atoms with Crippen molar-refractivity contribution in [2.75, 3.05) is 5.32 Å². The number of aromatic nitrogens is 1. The number of amidine groups is 1. The van der Waals surface area contributed by atoms with Crippen LogP contribution in [0.25, 0.3) is 10.6 Å². The molecule has 0 bridgehead atoms. The zero-order valence-electron chi connectivity index (χ0n) is 22.3. The lowest BCUT2D eigenvalue weighted by Gasteiger charge is -2.28. The highest BCUT2D eigenvalue weighted by molar-refractivity contribution is 14.0. The van der Waals surface area contributed by atoms with E-state index in [2.05, 4.69) is 15.3 Å². The van der Waals surface area contributed by atoms with Crippen molar-refractivity contribution in [2.24, 2.45) is 10.7 Å². The van der Waals surface area contributed by atoms with Crippen LogP contribution in [-0.2, 0) is 10.8 Å². The fraction of sp³-hybridized carbons (Fsp3) is 0.276. The molecule has 2 heterocycles. The Morgan fingerprint density at radius 1 is 0.974 bits per heavy atom. The number of phenolic OH excluding ortho intramolecular Hbond substituents is 1. The van der Waals surface area contributed by atoms with Crippen LogP contribution in [0, 0.1) is 0 Å². The molecule has 2 aromatic carbocycles. The first kappa shape index (κ1) is 29.8. The van der Waals surface area contributed by atoms with E-state index in [1.54, 1.807) is 16.7 Å². The van der Waals surface area contributed by atoms with Crippen molar-refractivity contribution in [1.82, 2.24) is 4.98 Å². The third-order valence-corrected chi connectivity index (χ3v) is 7.64. The summed E-state index contributed by atoms with van der Waals surface area (Å²) in [4.78, 5) is 23.1. The molecular weight excluding hydrogens is 627 g/mol. The molecule has 0 unspecified atom stereocenters.